The molecule has 0 aromatic carbocycles. The second-order valence-electron chi connectivity index (χ2n) is 2.58. The molecule has 0 fully saturated rings. The van der Waals surface area contributed by atoms with Crippen LogP contribution >= 0.6 is 0 Å². The summed E-state index contributed by atoms with van der Waals surface area (Å²) in [5, 5.41) is 3.89. The Balaban J connectivity index is 2.54. The zero-order valence-corrected chi connectivity index (χ0v) is 6.96. The third-order valence-electron chi connectivity index (χ3n) is 1.57. The van der Waals surface area contributed by atoms with Crippen LogP contribution in [0.1, 0.15) is 19.8 Å². The van der Waals surface area contributed by atoms with E-state index in [-0.39, 0.29) is 0 Å². The average Bonchev–Trinajstić information content (AvgIpc) is 2.04. The lowest BCUT2D eigenvalue weighted by molar-refractivity contribution is 0.907. The van der Waals surface area contributed by atoms with Crippen LogP contribution in [0, 0.1) is 0 Å². The summed E-state index contributed by atoms with van der Waals surface area (Å²) in [4.78, 5) is 4.21. The topological polar surface area (TPSA) is 36.8 Å². The molecule has 0 aromatic heterocycles. The van der Waals surface area contributed by atoms with E-state index < -0.39 is 0 Å². The number of hydrogen-bond donors (Lipinski definition) is 1. The Bertz CT molecular complexity index is 213. The number of hydrazone groups is 1. The highest BCUT2D eigenvalue weighted by Gasteiger charge is 2.01. The molecule has 3 nitrogen and oxygen atoms in total. The van der Waals surface area contributed by atoms with E-state index in [1.54, 1.807) is 13.3 Å². The Morgan fingerprint density at radius 3 is 3.00 bits per heavy atom. The number of nitrogens with one attached hydrogen (secondary N) is 1. The first-order chi connectivity index (χ1) is 5.33. The predicted octanol–water partition coefficient (Wildman–Crippen LogP) is 1.33. The minimum atomic E-state index is 1.01. The van der Waals surface area contributed by atoms with Crippen LogP contribution in [0.25, 0.3) is 0 Å². The zero-order valence-electron chi connectivity index (χ0n) is 6.96. The van der Waals surface area contributed by atoms with Crippen molar-refractivity contribution in [2.24, 2.45) is 10.1 Å². The third-order valence-corrected chi connectivity index (χ3v) is 1.57. The highest BCUT2D eigenvalue weighted by Crippen LogP contribution is 2.09. The number of nitrogens with zero attached hydrogens (tertiary/aromatic N) is 2. The number of hydrogen-bond acceptors (Lipinski definition) is 3. The van der Waals surface area contributed by atoms with E-state index in [1.807, 2.05) is 6.20 Å². The van der Waals surface area contributed by atoms with E-state index in [0.29, 0.717) is 0 Å². The van der Waals surface area contributed by atoms with Gasteiger partial charge in [0.05, 0.1) is 11.9 Å². The predicted molar refractivity (Wildman–Crippen MR) is 48.0 cm³/mol. The van der Waals surface area contributed by atoms with E-state index in [9.17, 15) is 0 Å². The maximum absolute atomic E-state index is 4.21. The van der Waals surface area contributed by atoms with Crippen LogP contribution in [0.15, 0.2) is 21.9 Å². The van der Waals surface area contributed by atoms with Crippen molar-refractivity contribution < 1.29 is 0 Å². The lowest BCUT2D eigenvalue weighted by Gasteiger charge is -2.05. The first-order valence-corrected chi connectivity index (χ1v) is 3.75. The first-order valence-electron chi connectivity index (χ1n) is 3.75. The van der Waals surface area contributed by atoms with E-state index in [1.165, 1.54) is 5.57 Å². The Morgan fingerprint density at radius 1 is 1.64 bits per heavy atom. The van der Waals surface area contributed by atoms with Gasteiger partial charge in [-0.25, -0.2) is 0 Å². The Kier molecular flexibility index (Phi) is 2.83. The molecule has 0 unspecified atom stereocenters. The second kappa shape index (κ2) is 3.91. The van der Waals surface area contributed by atoms with Crippen LogP contribution in [0.3, 0.4) is 0 Å². The minimum Gasteiger partial charge on any atom is -0.313 e. The molecule has 0 saturated carbocycles. The summed E-state index contributed by atoms with van der Waals surface area (Å²) in [7, 11) is 1.78. The SMILES string of the molecule is CN/N=C/C1=NC=C(C)CC1. The van der Waals surface area contributed by atoms with Crippen molar-refractivity contribution in [1.29, 1.82) is 0 Å². The summed E-state index contributed by atoms with van der Waals surface area (Å²) in [5.41, 5.74) is 5.08. The monoisotopic (exact) mass is 151 g/mol. The fourth-order valence-corrected chi connectivity index (χ4v) is 0.884. The van der Waals surface area contributed by atoms with Crippen LogP contribution in [0.2, 0.25) is 0 Å². The number of aliphatic imine (C=N–C) groups is 1. The molecular formula is C8H13N3. The molecule has 1 aliphatic heterocycles. The van der Waals surface area contributed by atoms with Gasteiger partial charge in [-0.05, 0) is 19.8 Å². The van der Waals surface area contributed by atoms with Gasteiger partial charge in [0.25, 0.3) is 0 Å². The number of allylic oxidation sites excluding steroid dienone is 1. The molecule has 0 spiro atoms. The molecule has 60 valence electrons. The van der Waals surface area contributed by atoms with Gasteiger partial charge in [0, 0.05) is 13.2 Å². The molecule has 0 saturated heterocycles. The van der Waals surface area contributed by atoms with Gasteiger partial charge in [0.2, 0.25) is 0 Å². The molecule has 0 bridgehead atoms. The summed E-state index contributed by atoms with van der Waals surface area (Å²) in [6.45, 7) is 2.09. The van der Waals surface area contributed by atoms with Gasteiger partial charge >= 0.3 is 0 Å². The Morgan fingerprint density at radius 2 is 2.45 bits per heavy atom. The quantitative estimate of drug-likeness (QED) is 0.469. The third kappa shape index (κ3) is 2.53. The molecule has 0 atom stereocenters. The standard InChI is InChI=1S/C8H13N3/c1-7-3-4-8(10-5-7)6-11-9-2/h5-6,9H,3-4H2,1-2H3/b11-6+. The fraction of sp³-hybridized carbons (Fsp3) is 0.500. The Labute approximate surface area is 66.9 Å². The molecule has 0 aromatic rings. The fourth-order valence-electron chi connectivity index (χ4n) is 0.884. The first kappa shape index (κ1) is 7.98. The second-order valence-corrected chi connectivity index (χ2v) is 2.58. The van der Waals surface area contributed by atoms with Crippen LogP contribution in [-0.4, -0.2) is 19.0 Å². The van der Waals surface area contributed by atoms with Gasteiger partial charge in [-0.1, -0.05) is 5.57 Å². The van der Waals surface area contributed by atoms with Crippen LogP contribution < -0.4 is 5.43 Å². The van der Waals surface area contributed by atoms with Crippen LogP contribution in [0.5, 0.6) is 0 Å². The molecule has 0 radical (unpaired) electrons. The molecule has 11 heavy (non-hydrogen) atoms. The Hall–Kier alpha value is -1.12. The van der Waals surface area contributed by atoms with Gasteiger partial charge in [0.15, 0.2) is 0 Å². The molecule has 3 heteroatoms. The average molecular weight is 151 g/mol. The molecule has 1 heterocycles. The van der Waals surface area contributed by atoms with Crippen molar-refractivity contribution in [3.63, 3.8) is 0 Å². The van der Waals surface area contributed by atoms with E-state index in [2.05, 4.69) is 22.4 Å². The van der Waals surface area contributed by atoms with Crippen molar-refractivity contribution in [1.82, 2.24) is 5.43 Å². The summed E-state index contributed by atoms with van der Waals surface area (Å²) in [5.74, 6) is 0. The van der Waals surface area contributed by atoms with Crippen molar-refractivity contribution in [2.45, 2.75) is 19.8 Å². The summed E-state index contributed by atoms with van der Waals surface area (Å²) < 4.78 is 0. The molecule has 1 rings (SSSR count). The van der Waals surface area contributed by atoms with E-state index >= 15 is 0 Å². The van der Waals surface area contributed by atoms with Crippen LogP contribution in [-0.2, 0) is 0 Å². The van der Waals surface area contributed by atoms with Gasteiger partial charge < -0.3 is 5.43 Å². The lowest BCUT2D eigenvalue weighted by Crippen LogP contribution is -2.06. The molecule has 0 aliphatic carbocycles. The van der Waals surface area contributed by atoms with Crippen molar-refractivity contribution in [2.75, 3.05) is 7.05 Å². The smallest absolute Gasteiger partial charge is 0.0683 e. The van der Waals surface area contributed by atoms with Gasteiger partial charge in [0.1, 0.15) is 0 Å². The molecule has 1 aliphatic rings. The van der Waals surface area contributed by atoms with Gasteiger partial charge in [-0.3, -0.25) is 4.99 Å². The highest BCUT2D eigenvalue weighted by atomic mass is 15.3. The van der Waals surface area contributed by atoms with Gasteiger partial charge in [-0.15, -0.1) is 0 Å². The zero-order chi connectivity index (χ0) is 8.10. The largest absolute Gasteiger partial charge is 0.313 e. The minimum absolute atomic E-state index is 1.01. The number of rotatable bonds is 2. The van der Waals surface area contributed by atoms with Crippen molar-refractivity contribution >= 4 is 11.9 Å². The molecular weight excluding hydrogens is 138 g/mol. The van der Waals surface area contributed by atoms with Crippen molar-refractivity contribution in [3.05, 3.63) is 11.8 Å². The van der Waals surface area contributed by atoms with Gasteiger partial charge in [-0.2, -0.15) is 5.10 Å². The maximum atomic E-state index is 4.21. The van der Waals surface area contributed by atoms with Crippen molar-refractivity contribution in [3.8, 4) is 0 Å². The summed E-state index contributed by atoms with van der Waals surface area (Å²) in [6, 6.07) is 0. The molecule has 1 N–H and O–H groups in total. The van der Waals surface area contributed by atoms with E-state index in [4.69, 9.17) is 0 Å². The maximum Gasteiger partial charge on any atom is 0.0683 e. The normalized spacial score (nSPS) is 18.0. The van der Waals surface area contributed by atoms with Crippen LogP contribution in [0.4, 0.5) is 0 Å². The lowest BCUT2D eigenvalue weighted by atomic mass is 10.1. The summed E-state index contributed by atoms with van der Waals surface area (Å²) >= 11 is 0. The molecule has 0 amide bonds. The highest BCUT2D eigenvalue weighted by molar-refractivity contribution is 6.30. The summed E-state index contributed by atoms with van der Waals surface area (Å²) in [6.07, 6.45) is 5.78. The van der Waals surface area contributed by atoms with E-state index in [0.717, 1.165) is 18.6 Å².